The first-order valence-electron chi connectivity index (χ1n) is 9.34. The lowest BCUT2D eigenvalue weighted by molar-refractivity contribution is 0.218. The third kappa shape index (κ3) is 3.92. The summed E-state index contributed by atoms with van der Waals surface area (Å²) in [6, 6.07) is 6.16. The number of fused-ring (bicyclic) bond motifs is 1. The molecule has 2 nitrogen and oxygen atoms in total. The molecule has 1 aromatic carbocycles. The zero-order chi connectivity index (χ0) is 16.9. The fourth-order valence-electron chi connectivity index (χ4n) is 3.41. The van der Waals surface area contributed by atoms with E-state index >= 15 is 0 Å². The number of ether oxygens (including phenoxy) is 1. The average molecular weight is 323 g/mol. The van der Waals surface area contributed by atoms with Crippen LogP contribution >= 0.6 is 0 Å². The van der Waals surface area contributed by atoms with E-state index in [1.165, 1.54) is 48.8 Å². The maximum atomic E-state index is 6.09. The fourth-order valence-corrected chi connectivity index (χ4v) is 3.41. The van der Waals surface area contributed by atoms with Crippen LogP contribution in [0.15, 0.2) is 48.1 Å². The largest absolute Gasteiger partial charge is 0.489 e. The Kier molecular flexibility index (Phi) is 5.44. The highest BCUT2D eigenvalue weighted by molar-refractivity contribution is 5.79. The molecule has 0 spiro atoms. The van der Waals surface area contributed by atoms with Crippen LogP contribution in [0.5, 0.6) is 5.75 Å². The van der Waals surface area contributed by atoms with Gasteiger partial charge in [0, 0.05) is 5.92 Å². The van der Waals surface area contributed by atoms with Crippen LogP contribution in [0.2, 0.25) is 0 Å². The van der Waals surface area contributed by atoms with E-state index in [0.717, 1.165) is 12.2 Å². The number of hydrogen-bond acceptors (Lipinski definition) is 2. The summed E-state index contributed by atoms with van der Waals surface area (Å²) in [5.74, 6) is 1.36. The van der Waals surface area contributed by atoms with Crippen molar-refractivity contribution in [3.8, 4) is 5.75 Å². The highest BCUT2D eigenvalue weighted by atomic mass is 16.5. The monoisotopic (exact) mass is 323 g/mol. The van der Waals surface area contributed by atoms with Gasteiger partial charge in [-0.2, -0.15) is 0 Å². The molecule has 1 aromatic rings. The lowest BCUT2D eigenvalue weighted by atomic mass is 9.83. The Hall–Kier alpha value is -1.96. The second-order valence-electron chi connectivity index (χ2n) is 6.99. The van der Waals surface area contributed by atoms with Gasteiger partial charge in [-0.1, -0.05) is 50.1 Å². The lowest BCUT2D eigenvalue weighted by Crippen LogP contribution is -2.11. The number of benzene rings is 1. The van der Waals surface area contributed by atoms with Crippen molar-refractivity contribution in [2.45, 2.75) is 58.5 Å². The zero-order valence-electron chi connectivity index (χ0n) is 14.9. The first-order valence-corrected chi connectivity index (χ1v) is 9.34. The summed E-state index contributed by atoms with van der Waals surface area (Å²) < 4.78 is 5.98. The summed E-state index contributed by atoms with van der Waals surface area (Å²) in [6.07, 6.45) is 17.0. The molecule has 0 bridgehead atoms. The number of hydrogen-bond donors (Lipinski definition) is 1. The summed E-state index contributed by atoms with van der Waals surface area (Å²) in [5.41, 5.74) is 10.8. The molecule has 0 amide bonds. The van der Waals surface area contributed by atoms with E-state index < -0.39 is 0 Å². The van der Waals surface area contributed by atoms with Crippen molar-refractivity contribution >= 4 is 11.3 Å². The highest BCUT2D eigenvalue weighted by Crippen LogP contribution is 2.35. The molecule has 2 heteroatoms. The number of nitrogen functional groups attached to an aromatic ring is 1. The summed E-state index contributed by atoms with van der Waals surface area (Å²) in [4.78, 5) is 0. The predicted molar refractivity (Wildman–Crippen MR) is 103 cm³/mol. The van der Waals surface area contributed by atoms with Gasteiger partial charge in [-0.25, -0.2) is 0 Å². The van der Waals surface area contributed by atoms with E-state index in [1.54, 1.807) is 0 Å². The Labute approximate surface area is 146 Å². The molecule has 0 heterocycles. The van der Waals surface area contributed by atoms with Gasteiger partial charge in [-0.05, 0) is 61.4 Å². The molecule has 0 radical (unpaired) electrons. The van der Waals surface area contributed by atoms with Crippen LogP contribution in [0.4, 0.5) is 5.69 Å². The van der Waals surface area contributed by atoms with Crippen molar-refractivity contribution in [1.29, 1.82) is 0 Å². The molecule has 2 aliphatic carbocycles. The molecule has 24 heavy (non-hydrogen) atoms. The van der Waals surface area contributed by atoms with Gasteiger partial charge in [-0.3, -0.25) is 0 Å². The predicted octanol–water partition coefficient (Wildman–Crippen LogP) is 5.91. The number of allylic oxidation sites excluding steroid dienone is 6. The van der Waals surface area contributed by atoms with Gasteiger partial charge >= 0.3 is 0 Å². The molecule has 0 saturated heterocycles. The normalized spacial score (nSPS) is 24.0. The van der Waals surface area contributed by atoms with Crippen LogP contribution in [0.25, 0.3) is 5.57 Å². The molecule has 0 aliphatic heterocycles. The zero-order valence-corrected chi connectivity index (χ0v) is 14.9. The van der Waals surface area contributed by atoms with E-state index in [9.17, 15) is 0 Å². The quantitative estimate of drug-likeness (QED) is 0.699. The van der Waals surface area contributed by atoms with Crippen LogP contribution in [0.1, 0.15) is 57.9 Å². The van der Waals surface area contributed by atoms with Gasteiger partial charge in [-0.15, -0.1) is 0 Å². The third-order valence-corrected chi connectivity index (χ3v) is 5.11. The second kappa shape index (κ2) is 7.74. The second-order valence-corrected chi connectivity index (χ2v) is 6.99. The average Bonchev–Trinajstić information content (AvgIpc) is 2.57. The Morgan fingerprint density at radius 2 is 2.08 bits per heavy atom. The van der Waals surface area contributed by atoms with Gasteiger partial charge in [0.1, 0.15) is 5.75 Å². The van der Waals surface area contributed by atoms with Gasteiger partial charge in [0.25, 0.3) is 0 Å². The van der Waals surface area contributed by atoms with Gasteiger partial charge < -0.3 is 10.5 Å². The van der Waals surface area contributed by atoms with Gasteiger partial charge in [0.2, 0.25) is 0 Å². The van der Waals surface area contributed by atoms with E-state index in [-0.39, 0.29) is 6.10 Å². The topological polar surface area (TPSA) is 35.2 Å². The molecule has 0 aromatic heterocycles. The molecule has 2 atom stereocenters. The third-order valence-electron chi connectivity index (χ3n) is 5.11. The van der Waals surface area contributed by atoms with Gasteiger partial charge in [0.05, 0.1) is 11.8 Å². The number of rotatable bonds is 4. The van der Waals surface area contributed by atoms with Crippen LogP contribution in [0.3, 0.4) is 0 Å². The number of anilines is 1. The van der Waals surface area contributed by atoms with Crippen molar-refractivity contribution in [2.24, 2.45) is 5.92 Å². The summed E-state index contributed by atoms with van der Waals surface area (Å²) >= 11 is 0. The Bertz CT molecular complexity index is 669. The molecule has 3 rings (SSSR count). The molecule has 0 saturated carbocycles. The van der Waals surface area contributed by atoms with Crippen molar-refractivity contribution in [3.63, 3.8) is 0 Å². The van der Waals surface area contributed by atoms with E-state index in [1.807, 2.05) is 6.07 Å². The minimum Gasteiger partial charge on any atom is -0.489 e. The molecule has 2 N–H and O–H groups in total. The molecule has 128 valence electrons. The van der Waals surface area contributed by atoms with Crippen LogP contribution in [-0.2, 0) is 0 Å². The molecule has 2 unspecified atom stereocenters. The summed E-state index contributed by atoms with van der Waals surface area (Å²) in [6.45, 7) is 4.21. The minimum absolute atomic E-state index is 0.179. The van der Waals surface area contributed by atoms with E-state index in [4.69, 9.17) is 10.5 Å². The molecular formula is C22H29NO. The lowest BCUT2D eigenvalue weighted by Gasteiger charge is -2.23. The smallest absolute Gasteiger partial charge is 0.143 e. The van der Waals surface area contributed by atoms with Crippen LogP contribution in [0, 0.1) is 5.92 Å². The highest BCUT2D eigenvalue weighted by Gasteiger charge is 2.17. The van der Waals surface area contributed by atoms with Crippen molar-refractivity contribution in [1.82, 2.24) is 0 Å². The van der Waals surface area contributed by atoms with Crippen molar-refractivity contribution < 1.29 is 4.74 Å². The molecule has 2 aliphatic rings. The Morgan fingerprint density at radius 3 is 2.92 bits per heavy atom. The van der Waals surface area contributed by atoms with Crippen LogP contribution in [-0.4, -0.2) is 6.10 Å². The molecule has 0 fully saturated rings. The van der Waals surface area contributed by atoms with E-state index in [0.29, 0.717) is 11.6 Å². The van der Waals surface area contributed by atoms with Crippen molar-refractivity contribution in [2.75, 3.05) is 5.73 Å². The van der Waals surface area contributed by atoms with E-state index in [2.05, 4.69) is 50.3 Å². The maximum absolute atomic E-state index is 6.09. The standard InChI is InChI=1S/C22H29NO/c1-3-16(2)24-22-15-20(12-13-21(22)23)19-11-10-17-8-6-4-5-7-9-18(17)14-19/h8,10-16,18H,3-7,9,23H2,1-2H3/b17-8-. The SMILES string of the molecule is CCC(C)Oc1cc(C2=CC3CCCCC/C=C\3C=C2)ccc1N. The fraction of sp³-hybridized carbons (Fsp3) is 0.455. The van der Waals surface area contributed by atoms with Crippen molar-refractivity contribution in [3.05, 3.63) is 53.6 Å². The molecular weight excluding hydrogens is 294 g/mol. The first kappa shape index (κ1) is 16.9. The van der Waals surface area contributed by atoms with Gasteiger partial charge in [0.15, 0.2) is 0 Å². The minimum atomic E-state index is 0.179. The summed E-state index contributed by atoms with van der Waals surface area (Å²) in [7, 11) is 0. The first-order chi connectivity index (χ1) is 11.7. The summed E-state index contributed by atoms with van der Waals surface area (Å²) in [5, 5.41) is 0. The maximum Gasteiger partial charge on any atom is 0.143 e. The Balaban J connectivity index is 1.86. The van der Waals surface area contributed by atoms with Crippen LogP contribution < -0.4 is 10.5 Å². The Morgan fingerprint density at radius 1 is 1.21 bits per heavy atom. The number of nitrogens with two attached hydrogens (primary N) is 1.